The summed E-state index contributed by atoms with van der Waals surface area (Å²) in [7, 11) is 1.82. The van der Waals surface area contributed by atoms with Crippen molar-refractivity contribution in [3.63, 3.8) is 0 Å². The van der Waals surface area contributed by atoms with Crippen LogP contribution in [0, 0.1) is 6.92 Å². The summed E-state index contributed by atoms with van der Waals surface area (Å²) < 4.78 is 11.3. The number of ether oxygens (including phenoxy) is 2. The van der Waals surface area contributed by atoms with E-state index < -0.39 is 0 Å². The number of nitrogens with one attached hydrogen (secondary N) is 2. The first-order valence-corrected chi connectivity index (χ1v) is 10.5. The lowest BCUT2D eigenvalue weighted by Crippen LogP contribution is -2.47. The molecule has 5 nitrogen and oxygen atoms in total. The molecule has 1 fully saturated rings. The fourth-order valence-corrected chi connectivity index (χ4v) is 3.86. The summed E-state index contributed by atoms with van der Waals surface area (Å²) in [5.74, 6) is 1.74. The van der Waals surface area contributed by atoms with Gasteiger partial charge in [0.1, 0.15) is 5.75 Å². The minimum Gasteiger partial charge on any atom is -0.494 e. The van der Waals surface area contributed by atoms with Gasteiger partial charge in [-0.1, -0.05) is 36.4 Å². The van der Waals surface area contributed by atoms with Gasteiger partial charge in [0.25, 0.3) is 0 Å². The standard InChI is InChI=1S/C24H33N3O2/c1-4-29-22-11-9-21(10-12-22)24(13-15-28-16-14-24)18-27-23(25-3)26-17-20-8-6-5-7-19(20)2/h5-12H,4,13-18H2,1-3H3,(H2,25,26,27). The molecule has 0 unspecified atom stereocenters. The van der Waals surface area contributed by atoms with Crippen LogP contribution in [0.4, 0.5) is 0 Å². The quantitative estimate of drug-likeness (QED) is 0.553. The lowest BCUT2D eigenvalue weighted by Gasteiger charge is -2.38. The number of hydrogen-bond donors (Lipinski definition) is 2. The number of aliphatic imine (C=N–C) groups is 1. The molecule has 29 heavy (non-hydrogen) atoms. The van der Waals surface area contributed by atoms with Crippen LogP contribution in [0.25, 0.3) is 0 Å². The summed E-state index contributed by atoms with van der Waals surface area (Å²) in [4.78, 5) is 4.42. The largest absolute Gasteiger partial charge is 0.494 e. The number of benzene rings is 2. The van der Waals surface area contributed by atoms with Crippen molar-refractivity contribution in [3.05, 3.63) is 65.2 Å². The molecule has 1 aliphatic heterocycles. The van der Waals surface area contributed by atoms with Gasteiger partial charge in [0.2, 0.25) is 0 Å². The predicted octanol–water partition coefficient (Wildman–Crippen LogP) is 3.81. The van der Waals surface area contributed by atoms with E-state index in [1.807, 2.05) is 14.0 Å². The first-order valence-electron chi connectivity index (χ1n) is 10.5. The van der Waals surface area contributed by atoms with Gasteiger partial charge in [-0.15, -0.1) is 0 Å². The van der Waals surface area contributed by atoms with Crippen LogP contribution < -0.4 is 15.4 Å². The highest BCUT2D eigenvalue weighted by molar-refractivity contribution is 5.79. The van der Waals surface area contributed by atoms with E-state index in [2.05, 4.69) is 71.1 Å². The zero-order valence-corrected chi connectivity index (χ0v) is 17.8. The van der Waals surface area contributed by atoms with Gasteiger partial charge >= 0.3 is 0 Å². The maximum atomic E-state index is 5.66. The molecule has 0 bridgehead atoms. The third kappa shape index (κ3) is 5.51. The lowest BCUT2D eigenvalue weighted by atomic mass is 9.74. The molecular weight excluding hydrogens is 362 g/mol. The van der Waals surface area contributed by atoms with E-state index in [1.54, 1.807) is 0 Å². The molecule has 156 valence electrons. The van der Waals surface area contributed by atoms with Gasteiger partial charge in [-0.2, -0.15) is 0 Å². The second kappa shape index (κ2) is 10.3. The highest BCUT2D eigenvalue weighted by Crippen LogP contribution is 2.35. The molecular formula is C24H33N3O2. The summed E-state index contributed by atoms with van der Waals surface area (Å²) in [5.41, 5.74) is 3.92. The Balaban J connectivity index is 1.67. The number of aryl methyl sites for hydroxylation is 1. The van der Waals surface area contributed by atoms with Crippen LogP contribution in [-0.4, -0.2) is 39.4 Å². The number of guanidine groups is 1. The average Bonchev–Trinajstić information content (AvgIpc) is 2.76. The third-order valence-corrected chi connectivity index (χ3v) is 5.75. The van der Waals surface area contributed by atoms with Crippen LogP contribution in [0.1, 0.15) is 36.5 Å². The van der Waals surface area contributed by atoms with E-state index in [0.29, 0.717) is 6.61 Å². The SMILES string of the molecule is CCOc1ccc(C2(CNC(=NC)NCc3ccccc3C)CCOCC2)cc1. The molecule has 5 heteroatoms. The number of rotatable bonds is 7. The molecule has 0 amide bonds. The Hall–Kier alpha value is -2.53. The second-order valence-corrected chi connectivity index (χ2v) is 7.56. The van der Waals surface area contributed by atoms with Gasteiger partial charge in [-0.3, -0.25) is 4.99 Å². The van der Waals surface area contributed by atoms with E-state index in [9.17, 15) is 0 Å². The van der Waals surface area contributed by atoms with Gasteiger partial charge in [-0.25, -0.2) is 0 Å². The third-order valence-electron chi connectivity index (χ3n) is 5.75. The Bertz CT molecular complexity index is 796. The fraction of sp³-hybridized carbons (Fsp3) is 0.458. The van der Waals surface area contributed by atoms with Crippen LogP contribution in [0.2, 0.25) is 0 Å². The molecule has 2 N–H and O–H groups in total. The van der Waals surface area contributed by atoms with Crippen molar-refractivity contribution in [1.29, 1.82) is 0 Å². The van der Waals surface area contributed by atoms with Crippen LogP contribution in [0.15, 0.2) is 53.5 Å². The molecule has 1 saturated heterocycles. The van der Waals surface area contributed by atoms with Gasteiger partial charge in [-0.05, 0) is 55.5 Å². The van der Waals surface area contributed by atoms with Crippen molar-refractivity contribution in [3.8, 4) is 5.75 Å². The first kappa shape index (κ1) is 21.2. The minimum absolute atomic E-state index is 0.0310. The average molecular weight is 396 g/mol. The topological polar surface area (TPSA) is 54.9 Å². The zero-order valence-electron chi connectivity index (χ0n) is 17.8. The van der Waals surface area contributed by atoms with Gasteiger partial charge < -0.3 is 20.1 Å². The van der Waals surface area contributed by atoms with E-state index >= 15 is 0 Å². The summed E-state index contributed by atoms with van der Waals surface area (Å²) >= 11 is 0. The maximum Gasteiger partial charge on any atom is 0.191 e. The van der Waals surface area contributed by atoms with Crippen molar-refractivity contribution in [2.45, 2.75) is 38.6 Å². The molecule has 1 heterocycles. The van der Waals surface area contributed by atoms with Crippen molar-refractivity contribution < 1.29 is 9.47 Å². The van der Waals surface area contributed by atoms with Crippen LogP contribution in [0.3, 0.4) is 0 Å². The monoisotopic (exact) mass is 395 g/mol. The minimum atomic E-state index is 0.0310. The Morgan fingerprint density at radius 1 is 1.07 bits per heavy atom. The van der Waals surface area contributed by atoms with Crippen LogP contribution >= 0.6 is 0 Å². The molecule has 0 spiro atoms. The molecule has 0 saturated carbocycles. The smallest absolute Gasteiger partial charge is 0.191 e. The first-order chi connectivity index (χ1) is 14.2. The number of hydrogen-bond acceptors (Lipinski definition) is 3. The summed E-state index contributed by atoms with van der Waals surface area (Å²) in [5, 5.41) is 7.01. The molecule has 0 radical (unpaired) electrons. The summed E-state index contributed by atoms with van der Waals surface area (Å²) in [6.45, 7) is 7.96. The zero-order chi connectivity index (χ0) is 20.5. The van der Waals surface area contributed by atoms with E-state index in [0.717, 1.165) is 50.9 Å². The molecule has 0 aliphatic carbocycles. The Morgan fingerprint density at radius 3 is 2.45 bits per heavy atom. The maximum absolute atomic E-state index is 5.66. The van der Waals surface area contributed by atoms with Crippen molar-refractivity contribution in [2.24, 2.45) is 4.99 Å². The molecule has 0 aromatic heterocycles. The normalized spacial score (nSPS) is 16.3. The Labute approximate surface area is 174 Å². The van der Waals surface area contributed by atoms with Gasteiger partial charge in [0.05, 0.1) is 6.61 Å². The Kier molecular flexibility index (Phi) is 7.53. The van der Waals surface area contributed by atoms with Crippen molar-refractivity contribution in [1.82, 2.24) is 10.6 Å². The molecule has 2 aromatic rings. The van der Waals surface area contributed by atoms with E-state index in [1.165, 1.54) is 16.7 Å². The van der Waals surface area contributed by atoms with E-state index in [-0.39, 0.29) is 5.41 Å². The van der Waals surface area contributed by atoms with Crippen molar-refractivity contribution >= 4 is 5.96 Å². The van der Waals surface area contributed by atoms with Gasteiger partial charge in [0, 0.05) is 38.8 Å². The van der Waals surface area contributed by atoms with Gasteiger partial charge in [0.15, 0.2) is 5.96 Å². The molecule has 2 aromatic carbocycles. The second-order valence-electron chi connectivity index (χ2n) is 7.56. The highest BCUT2D eigenvalue weighted by Gasteiger charge is 2.34. The Morgan fingerprint density at radius 2 is 1.79 bits per heavy atom. The summed E-state index contributed by atoms with van der Waals surface area (Å²) in [6, 6.07) is 17.0. The number of nitrogens with zero attached hydrogens (tertiary/aromatic N) is 1. The van der Waals surface area contributed by atoms with Crippen LogP contribution in [0.5, 0.6) is 5.75 Å². The molecule has 3 rings (SSSR count). The molecule has 1 aliphatic rings. The van der Waals surface area contributed by atoms with Crippen LogP contribution in [-0.2, 0) is 16.7 Å². The summed E-state index contributed by atoms with van der Waals surface area (Å²) in [6.07, 6.45) is 1.98. The highest BCUT2D eigenvalue weighted by atomic mass is 16.5. The molecule has 0 atom stereocenters. The fourth-order valence-electron chi connectivity index (χ4n) is 3.86. The van der Waals surface area contributed by atoms with E-state index in [4.69, 9.17) is 9.47 Å². The predicted molar refractivity (Wildman–Crippen MR) is 119 cm³/mol. The van der Waals surface area contributed by atoms with Crippen molar-refractivity contribution in [2.75, 3.05) is 33.4 Å². The lowest BCUT2D eigenvalue weighted by molar-refractivity contribution is 0.0513.